The highest BCUT2D eigenvalue weighted by molar-refractivity contribution is 5.97. The standard InChI is InChI=1S/C14H22N2O3/c1-3-10(4-2)16(8-7-15)14(19)12-6-5-11(17)9-13(12)18/h5-6,9-10,17-18H,3-4,7-8,15H2,1-2H3. The van der Waals surface area contributed by atoms with Crippen LogP contribution in [0.3, 0.4) is 0 Å². The number of nitrogens with two attached hydrogens (primary N) is 1. The lowest BCUT2D eigenvalue weighted by molar-refractivity contribution is 0.0671. The average molecular weight is 266 g/mol. The van der Waals surface area contributed by atoms with E-state index in [4.69, 9.17) is 5.73 Å². The number of carbonyl (C=O) groups is 1. The van der Waals surface area contributed by atoms with Crippen LogP contribution in [-0.2, 0) is 0 Å². The first-order valence-corrected chi connectivity index (χ1v) is 6.58. The lowest BCUT2D eigenvalue weighted by Crippen LogP contribution is -2.42. The fourth-order valence-corrected chi connectivity index (χ4v) is 2.17. The van der Waals surface area contributed by atoms with Crippen LogP contribution in [0, 0.1) is 0 Å². The number of phenolic OH excluding ortho intramolecular Hbond substituents is 2. The minimum atomic E-state index is -0.253. The van der Waals surface area contributed by atoms with Crippen molar-refractivity contribution in [3.8, 4) is 11.5 Å². The molecule has 0 saturated heterocycles. The van der Waals surface area contributed by atoms with Crippen LogP contribution in [0.25, 0.3) is 0 Å². The fraction of sp³-hybridized carbons (Fsp3) is 0.500. The van der Waals surface area contributed by atoms with Crippen molar-refractivity contribution in [3.05, 3.63) is 23.8 Å². The van der Waals surface area contributed by atoms with E-state index in [1.807, 2.05) is 13.8 Å². The van der Waals surface area contributed by atoms with Crippen molar-refractivity contribution in [3.63, 3.8) is 0 Å². The van der Waals surface area contributed by atoms with Crippen LogP contribution in [-0.4, -0.2) is 40.2 Å². The number of hydrogen-bond donors (Lipinski definition) is 3. The van der Waals surface area contributed by atoms with Crippen molar-refractivity contribution < 1.29 is 15.0 Å². The van der Waals surface area contributed by atoms with Gasteiger partial charge in [-0.3, -0.25) is 4.79 Å². The van der Waals surface area contributed by atoms with Crippen LogP contribution in [0.4, 0.5) is 0 Å². The normalized spacial score (nSPS) is 10.7. The van der Waals surface area contributed by atoms with E-state index in [0.717, 1.165) is 12.8 Å². The lowest BCUT2D eigenvalue weighted by atomic mass is 10.1. The molecule has 1 aromatic carbocycles. The molecule has 0 aromatic heterocycles. The Balaban J connectivity index is 3.04. The van der Waals surface area contributed by atoms with Crippen LogP contribution in [0.5, 0.6) is 11.5 Å². The summed E-state index contributed by atoms with van der Waals surface area (Å²) in [7, 11) is 0. The summed E-state index contributed by atoms with van der Waals surface area (Å²) in [5.41, 5.74) is 5.75. The quantitative estimate of drug-likeness (QED) is 0.731. The van der Waals surface area contributed by atoms with E-state index < -0.39 is 0 Å². The summed E-state index contributed by atoms with van der Waals surface area (Å²) in [6.07, 6.45) is 1.67. The highest BCUT2D eigenvalue weighted by atomic mass is 16.3. The molecule has 0 aliphatic heterocycles. The van der Waals surface area contributed by atoms with Gasteiger partial charge in [-0.25, -0.2) is 0 Å². The van der Waals surface area contributed by atoms with E-state index >= 15 is 0 Å². The Morgan fingerprint density at radius 3 is 2.42 bits per heavy atom. The molecule has 0 unspecified atom stereocenters. The molecule has 0 fully saturated rings. The molecule has 0 radical (unpaired) electrons. The summed E-state index contributed by atoms with van der Waals surface area (Å²) in [6, 6.07) is 4.09. The molecule has 0 saturated carbocycles. The second-order valence-electron chi connectivity index (χ2n) is 4.46. The molecular formula is C14H22N2O3. The molecule has 1 amide bonds. The minimum Gasteiger partial charge on any atom is -0.508 e. The Bertz CT molecular complexity index is 431. The maximum absolute atomic E-state index is 12.5. The van der Waals surface area contributed by atoms with E-state index in [0.29, 0.717) is 13.1 Å². The van der Waals surface area contributed by atoms with E-state index in [-0.39, 0.29) is 29.0 Å². The van der Waals surface area contributed by atoms with Gasteiger partial charge in [0.15, 0.2) is 0 Å². The van der Waals surface area contributed by atoms with Gasteiger partial charge in [-0.1, -0.05) is 13.8 Å². The Labute approximate surface area is 113 Å². The summed E-state index contributed by atoms with van der Waals surface area (Å²) >= 11 is 0. The number of phenols is 2. The molecule has 1 aromatic rings. The Morgan fingerprint density at radius 2 is 1.95 bits per heavy atom. The third-order valence-electron chi connectivity index (χ3n) is 3.23. The Kier molecular flexibility index (Phi) is 5.63. The number of rotatable bonds is 6. The third-order valence-corrected chi connectivity index (χ3v) is 3.23. The van der Waals surface area contributed by atoms with Crippen molar-refractivity contribution in [1.29, 1.82) is 0 Å². The number of aromatic hydroxyl groups is 2. The summed E-state index contributed by atoms with van der Waals surface area (Å²) in [6.45, 7) is 4.86. The van der Waals surface area contributed by atoms with E-state index in [1.54, 1.807) is 4.90 Å². The number of hydrogen-bond acceptors (Lipinski definition) is 4. The monoisotopic (exact) mass is 266 g/mol. The molecule has 5 heteroatoms. The van der Waals surface area contributed by atoms with Gasteiger partial charge >= 0.3 is 0 Å². The SMILES string of the molecule is CCC(CC)N(CCN)C(=O)c1ccc(O)cc1O. The number of nitrogens with zero attached hydrogens (tertiary/aromatic N) is 1. The van der Waals surface area contributed by atoms with Gasteiger partial charge in [0.2, 0.25) is 0 Å². The first kappa shape index (κ1) is 15.3. The summed E-state index contributed by atoms with van der Waals surface area (Å²) in [5.74, 6) is -0.531. The van der Waals surface area contributed by atoms with Gasteiger partial charge in [-0.15, -0.1) is 0 Å². The predicted molar refractivity (Wildman–Crippen MR) is 74.2 cm³/mol. The smallest absolute Gasteiger partial charge is 0.257 e. The average Bonchev–Trinajstić information content (AvgIpc) is 2.38. The van der Waals surface area contributed by atoms with Crippen molar-refractivity contribution in [2.75, 3.05) is 13.1 Å². The molecule has 0 atom stereocenters. The zero-order chi connectivity index (χ0) is 14.4. The highest BCUT2D eigenvalue weighted by Gasteiger charge is 2.23. The van der Waals surface area contributed by atoms with Crippen LogP contribution in [0.15, 0.2) is 18.2 Å². The molecular weight excluding hydrogens is 244 g/mol. The van der Waals surface area contributed by atoms with Gasteiger partial charge in [0, 0.05) is 25.2 Å². The van der Waals surface area contributed by atoms with Gasteiger partial charge in [-0.05, 0) is 25.0 Å². The summed E-state index contributed by atoms with van der Waals surface area (Å²) < 4.78 is 0. The van der Waals surface area contributed by atoms with Gasteiger partial charge in [0.25, 0.3) is 5.91 Å². The van der Waals surface area contributed by atoms with Gasteiger partial charge in [0.1, 0.15) is 11.5 Å². The molecule has 0 spiro atoms. The molecule has 1 rings (SSSR count). The van der Waals surface area contributed by atoms with Crippen molar-refractivity contribution in [2.45, 2.75) is 32.7 Å². The Morgan fingerprint density at radius 1 is 1.32 bits per heavy atom. The summed E-state index contributed by atoms with van der Waals surface area (Å²) in [4.78, 5) is 14.1. The van der Waals surface area contributed by atoms with Crippen LogP contribution in [0.1, 0.15) is 37.0 Å². The number of benzene rings is 1. The second-order valence-corrected chi connectivity index (χ2v) is 4.46. The molecule has 0 bridgehead atoms. The third kappa shape index (κ3) is 3.61. The zero-order valence-corrected chi connectivity index (χ0v) is 11.5. The highest BCUT2D eigenvalue weighted by Crippen LogP contribution is 2.25. The molecule has 0 heterocycles. The van der Waals surface area contributed by atoms with Gasteiger partial charge in [-0.2, -0.15) is 0 Å². The maximum Gasteiger partial charge on any atom is 0.257 e. The first-order chi connectivity index (χ1) is 9.04. The van der Waals surface area contributed by atoms with E-state index in [1.165, 1.54) is 18.2 Å². The molecule has 19 heavy (non-hydrogen) atoms. The largest absolute Gasteiger partial charge is 0.508 e. The number of carbonyl (C=O) groups excluding carboxylic acids is 1. The van der Waals surface area contributed by atoms with Crippen molar-refractivity contribution in [2.24, 2.45) is 5.73 Å². The van der Waals surface area contributed by atoms with Crippen LogP contribution >= 0.6 is 0 Å². The van der Waals surface area contributed by atoms with Crippen molar-refractivity contribution >= 4 is 5.91 Å². The fourth-order valence-electron chi connectivity index (χ4n) is 2.17. The molecule has 106 valence electrons. The minimum absolute atomic E-state index is 0.0676. The topological polar surface area (TPSA) is 86.8 Å². The maximum atomic E-state index is 12.5. The zero-order valence-electron chi connectivity index (χ0n) is 11.5. The van der Waals surface area contributed by atoms with Gasteiger partial charge in [0.05, 0.1) is 5.56 Å². The summed E-state index contributed by atoms with van der Waals surface area (Å²) in [5, 5.41) is 19.0. The van der Waals surface area contributed by atoms with Crippen LogP contribution < -0.4 is 5.73 Å². The van der Waals surface area contributed by atoms with Gasteiger partial charge < -0.3 is 20.8 Å². The molecule has 0 aliphatic carbocycles. The predicted octanol–water partition coefficient (Wildman–Crippen LogP) is 1.69. The first-order valence-electron chi connectivity index (χ1n) is 6.58. The second kappa shape index (κ2) is 6.99. The van der Waals surface area contributed by atoms with E-state index in [2.05, 4.69) is 0 Å². The van der Waals surface area contributed by atoms with E-state index in [9.17, 15) is 15.0 Å². The molecule has 0 aliphatic rings. The lowest BCUT2D eigenvalue weighted by Gasteiger charge is -2.30. The molecule has 5 nitrogen and oxygen atoms in total. The van der Waals surface area contributed by atoms with Crippen molar-refractivity contribution in [1.82, 2.24) is 4.90 Å². The molecule has 4 N–H and O–H groups in total. The number of amides is 1. The van der Waals surface area contributed by atoms with Crippen LogP contribution in [0.2, 0.25) is 0 Å². The Hall–Kier alpha value is -1.75.